The number of hydrogen-bond donors (Lipinski definition) is 2. The smallest absolute Gasteiger partial charge is 0.0898 e. The van der Waals surface area contributed by atoms with Crippen molar-refractivity contribution in [2.24, 2.45) is 5.92 Å². The molecule has 0 aliphatic heterocycles. The Bertz CT molecular complexity index is 394. The first-order valence-corrected chi connectivity index (χ1v) is 8.46. The number of benzene rings is 1. The van der Waals surface area contributed by atoms with Crippen LogP contribution in [0.25, 0.3) is 0 Å². The second kappa shape index (κ2) is 9.57. The summed E-state index contributed by atoms with van der Waals surface area (Å²) in [7, 11) is 0. The maximum atomic E-state index is 9.98. The minimum atomic E-state index is -0.475. The van der Waals surface area contributed by atoms with Crippen LogP contribution < -0.4 is 5.32 Å². The lowest BCUT2D eigenvalue weighted by molar-refractivity contribution is -0.00914. The fourth-order valence-corrected chi connectivity index (χ4v) is 2.51. The Kier molecular flexibility index (Phi) is 8.49. The molecule has 0 bridgehead atoms. The van der Waals surface area contributed by atoms with Crippen LogP contribution >= 0.6 is 15.9 Å². The lowest BCUT2D eigenvalue weighted by Gasteiger charge is -2.20. The molecule has 2 N–H and O–H groups in total. The molecule has 0 saturated carbocycles. The summed E-state index contributed by atoms with van der Waals surface area (Å²) in [5.74, 6) is 0.618. The van der Waals surface area contributed by atoms with Gasteiger partial charge in [-0.05, 0) is 43.9 Å². The number of hydrogen-bond acceptors (Lipinski definition) is 3. The Morgan fingerprint density at radius 1 is 1.14 bits per heavy atom. The average Bonchev–Trinajstić information content (AvgIpc) is 2.42. The minimum Gasteiger partial charge on any atom is -0.389 e. The second-order valence-corrected chi connectivity index (χ2v) is 7.02. The van der Waals surface area contributed by atoms with Crippen molar-refractivity contribution in [1.29, 1.82) is 0 Å². The van der Waals surface area contributed by atoms with Gasteiger partial charge in [-0.2, -0.15) is 0 Å². The highest BCUT2D eigenvalue weighted by molar-refractivity contribution is 9.10. The lowest BCUT2D eigenvalue weighted by atomic mass is 10.1. The molecule has 1 aromatic carbocycles. The maximum Gasteiger partial charge on any atom is 0.0898 e. The number of ether oxygens (including phenoxy) is 1. The molecule has 3 nitrogen and oxygen atoms in total. The van der Waals surface area contributed by atoms with Gasteiger partial charge in [-0.1, -0.05) is 41.9 Å². The van der Waals surface area contributed by atoms with Crippen molar-refractivity contribution in [3.8, 4) is 0 Å². The molecule has 0 saturated heterocycles. The zero-order valence-electron chi connectivity index (χ0n) is 13.5. The van der Waals surface area contributed by atoms with E-state index >= 15 is 0 Å². The van der Waals surface area contributed by atoms with E-state index in [2.05, 4.69) is 61.1 Å². The molecule has 0 aromatic heterocycles. The molecule has 1 rings (SSSR count). The van der Waals surface area contributed by atoms with Crippen molar-refractivity contribution in [3.05, 3.63) is 34.3 Å². The summed E-state index contributed by atoms with van der Waals surface area (Å²) in [5, 5.41) is 13.3. The number of rotatable bonds is 9. The largest absolute Gasteiger partial charge is 0.389 e. The molecular weight excluding hydrogens is 330 g/mol. The van der Waals surface area contributed by atoms with E-state index in [1.165, 1.54) is 5.56 Å². The standard InChI is InChI=1S/C17H28BrNO2/c1-12(2)9-13(3)21-11-17(20)10-19-14(4)15-5-7-16(18)8-6-15/h5-8,12-14,17,19-20H,9-11H2,1-4H3/t13?,14-,17?/m1/s1. The quantitative estimate of drug-likeness (QED) is 0.703. The van der Waals surface area contributed by atoms with Crippen LogP contribution in [0.2, 0.25) is 0 Å². The van der Waals surface area contributed by atoms with Crippen molar-refractivity contribution >= 4 is 15.9 Å². The first kappa shape index (κ1) is 18.6. The summed E-state index contributed by atoms with van der Waals surface area (Å²) in [6, 6.07) is 8.42. The highest BCUT2D eigenvalue weighted by atomic mass is 79.9. The molecule has 3 atom stereocenters. The summed E-state index contributed by atoms with van der Waals surface area (Å²) in [5.41, 5.74) is 1.21. The van der Waals surface area contributed by atoms with Crippen LogP contribution in [0, 0.1) is 5.92 Å². The summed E-state index contributed by atoms with van der Waals surface area (Å²) in [6.07, 6.45) is 0.746. The molecule has 0 heterocycles. The van der Waals surface area contributed by atoms with E-state index in [0.717, 1.165) is 10.9 Å². The molecule has 1 aromatic rings. The number of nitrogens with one attached hydrogen (secondary N) is 1. The number of halogens is 1. The summed E-state index contributed by atoms with van der Waals surface area (Å²) >= 11 is 3.43. The van der Waals surface area contributed by atoms with Gasteiger partial charge in [0.05, 0.1) is 18.8 Å². The van der Waals surface area contributed by atoms with Gasteiger partial charge in [0.25, 0.3) is 0 Å². The Morgan fingerprint density at radius 3 is 2.33 bits per heavy atom. The Morgan fingerprint density at radius 2 is 1.76 bits per heavy atom. The lowest BCUT2D eigenvalue weighted by Crippen LogP contribution is -2.33. The van der Waals surface area contributed by atoms with E-state index in [-0.39, 0.29) is 12.1 Å². The summed E-state index contributed by atoms with van der Waals surface area (Å²) in [4.78, 5) is 0. The summed E-state index contributed by atoms with van der Waals surface area (Å²) < 4.78 is 6.75. The molecule has 0 aliphatic carbocycles. The molecule has 4 heteroatoms. The third-order valence-corrected chi connectivity index (χ3v) is 3.93. The summed E-state index contributed by atoms with van der Waals surface area (Å²) in [6.45, 7) is 9.43. The highest BCUT2D eigenvalue weighted by Crippen LogP contribution is 2.16. The van der Waals surface area contributed by atoms with Crippen molar-refractivity contribution in [2.45, 2.75) is 52.4 Å². The van der Waals surface area contributed by atoms with Gasteiger partial charge in [-0.3, -0.25) is 0 Å². The molecule has 0 aliphatic rings. The van der Waals surface area contributed by atoms with Crippen molar-refractivity contribution in [2.75, 3.05) is 13.2 Å². The zero-order valence-corrected chi connectivity index (χ0v) is 15.1. The van der Waals surface area contributed by atoms with Crippen LogP contribution in [0.5, 0.6) is 0 Å². The van der Waals surface area contributed by atoms with Crippen LogP contribution in [0.3, 0.4) is 0 Å². The predicted octanol–water partition coefficient (Wildman–Crippen LogP) is 3.91. The first-order chi connectivity index (χ1) is 9.88. The van der Waals surface area contributed by atoms with Gasteiger partial charge in [-0.15, -0.1) is 0 Å². The zero-order chi connectivity index (χ0) is 15.8. The Balaban J connectivity index is 2.26. The highest BCUT2D eigenvalue weighted by Gasteiger charge is 2.11. The van der Waals surface area contributed by atoms with E-state index in [4.69, 9.17) is 4.74 Å². The van der Waals surface area contributed by atoms with E-state index in [1.54, 1.807) is 0 Å². The minimum absolute atomic E-state index is 0.198. The van der Waals surface area contributed by atoms with Gasteiger partial charge in [0.2, 0.25) is 0 Å². The van der Waals surface area contributed by atoms with Crippen LogP contribution in [0.15, 0.2) is 28.7 Å². The molecule has 0 fully saturated rings. The first-order valence-electron chi connectivity index (χ1n) is 7.67. The van der Waals surface area contributed by atoms with Crippen LogP contribution in [-0.2, 0) is 4.74 Å². The van der Waals surface area contributed by atoms with Crippen LogP contribution in [-0.4, -0.2) is 30.5 Å². The molecule has 2 unspecified atom stereocenters. The molecule has 0 radical (unpaired) electrons. The monoisotopic (exact) mass is 357 g/mol. The fourth-order valence-electron chi connectivity index (χ4n) is 2.25. The molecular formula is C17H28BrNO2. The van der Waals surface area contributed by atoms with E-state index in [9.17, 15) is 5.11 Å². The Hall–Kier alpha value is -0.420. The van der Waals surface area contributed by atoms with E-state index < -0.39 is 6.10 Å². The van der Waals surface area contributed by atoms with Gasteiger partial charge in [0.15, 0.2) is 0 Å². The molecule has 120 valence electrons. The SMILES string of the molecule is CC(C)CC(C)OCC(O)CN[C@H](C)c1ccc(Br)cc1. The van der Waals surface area contributed by atoms with Crippen molar-refractivity contribution in [1.82, 2.24) is 5.32 Å². The van der Waals surface area contributed by atoms with Gasteiger partial charge in [0.1, 0.15) is 0 Å². The van der Waals surface area contributed by atoms with E-state index in [0.29, 0.717) is 19.1 Å². The van der Waals surface area contributed by atoms with E-state index in [1.807, 2.05) is 12.1 Å². The normalized spacial score (nSPS) is 16.0. The Labute approximate surface area is 137 Å². The van der Waals surface area contributed by atoms with Gasteiger partial charge < -0.3 is 15.2 Å². The number of aliphatic hydroxyl groups excluding tert-OH is 1. The predicted molar refractivity (Wildman–Crippen MR) is 91.4 cm³/mol. The van der Waals surface area contributed by atoms with Gasteiger partial charge >= 0.3 is 0 Å². The third kappa shape index (κ3) is 7.96. The fraction of sp³-hybridized carbons (Fsp3) is 0.647. The number of aliphatic hydroxyl groups is 1. The van der Waals surface area contributed by atoms with Gasteiger partial charge in [-0.25, -0.2) is 0 Å². The van der Waals surface area contributed by atoms with Crippen molar-refractivity contribution in [3.63, 3.8) is 0 Å². The topological polar surface area (TPSA) is 41.5 Å². The third-order valence-electron chi connectivity index (χ3n) is 3.41. The van der Waals surface area contributed by atoms with Gasteiger partial charge in [0, 0.05) is 17.1 Å². The molecule has 0 spiro atoms. The average molecular weight is 358 g/mol. The van der Waals surface area contributed by atoms with Crippen LogP contribution in [0.1, 0.15) is 45.7 Å². The maximum absolute atomic E-state index is 9.98. The van der Waals surface area contributed by atoms with Crippen LogP contribution in [0.4, 0.5) is 0 Å². The molecule has 0 amide bonds. The second-order valence-electron chi connectivity index (χ2n) is 6.11. The molecule has 21 heavy (non-hydrogen) atoms. The van der Waals surface area contributed by atoms with Crippen molar-refractivity contribution < 1.29 is 9.84 Å².